The van der Waals surface area contributed by atoms with E-state index in [1.807, 2.05) is 42.5 Å². The summed E-state index contributed by atoms with van der Waals surface area (Å²) in [5.74, 6) is 1.37. The van der Waals surface area contributed by atoms with Crippen molar-refractivity contribution in [3.63, 3.8) is 0 Å². The minimum atomic E-state index is -0.237. The Balaban J connectivity index is 1.43. The van der Waals surface area contributed by atoms with Crippen molar-refractivity contribution < 1.29 is 13.9 Å². The average molecular weight is 410 g/mol. The van der Waals surface area contributed by atoms with E-state index in [1.54, 1.807) is 37.1 Å². The third-order valence-electron chi connectivity index (χ3n) is 4.74. The highest BCUT2D eigenvalue weighted by Gasteiger charge is 2.19. The van der Waals surface area contributed by atoms with Gasteiger partial charge in [-0.1, -0.05) is 48.0 Å². The molecule has 148 valence electrons. The molecule has 2 heterocycles. The zero-order valence-corrected chi connectivity index (χ0v) is 16.9. The molecular weight excluding hydrogens is 390 g/mol. The van der Waals surface area contributed by atoms with E-state index < -0.39 is 0 Å². The van der Waals surface area contributed by atoms with Crippen LogP contribution in [-0.2, 0) is 20.2 Å². The number of furan rings is 1. The van der Waals surface area contributed by atoms with Crippen molar-refractivity contribution in [3.05, 3.63) is 83.0 Å². The lowest BCUT2D eigenvalue weighted by atomic mass is 10.1. The van der Waals surface area contributed by atoms with Gasteiger partial charge in [-0.15, -0.1) is 0 Å². The molecule has 0 bridgehead atoms. The fraction of sp³-hybridized carbons (Fsp3) is 0.182. The molecule has 0 saturated heterocycles. The van der Waals surface area contributed by atoms with Gasteiger partial charge in [0, 0.05) is 19.5 Å². The van der Waals surface area contributed by atoms with Crippen molar-refractivity contribution in [2.75, 3.05) is 7.05 Å². The Morgan fingerprint density at radius 2 is 1.97 bits per heavy atom. The second kappa shape index (κ2) is 8.01. The van der Waals surface area contributed by atoms with Crippen LogP contribution in [0, 0.1) is 0 Å². The topological polar surface area (TPSA) is 60.5 Å². The first-order valence-corrected chi connectivity index (χ1v) is 9.52. The van der Waals surface area contributed by atoms with E-state index in [4.69, 9.17) is 20.8 Å². The van der Waals surface area contributed by atoms with Crippen molar-refractivity contribution in [2.24, 2.45) is 7.05 Å². The zero-order chi connectivity index (χ0) is 20.4. The first-order valence-electron chi connectivity index (χ1n) is 9.14. The number of hydrogen-bond acceptors (Lipinski definition) is 4. The number of carbonyl (C=O) groups excluding carboxylic acids is 1. The van der Waals surface area contributed by atoms with Gasteiger partial charge in [-0.05, 0) is 23.6 Å². The third kappa shape index (κ3) is 3.98. The van der Waals surface area contributed by atoms with Crippen LogP contribution in [0.25, 0.3) is 10.8 Å². The largest absolute Gasteiger partial charge is 0.485 e. The Morgan fingerprint density at radius 1 is 1.17 bits per heavy atom. The molecule has 0 saturated carbocycles. The summed E-state index contributed by atoms with van der Waals surface area (Å²) in [6.45, 7) is 0.565. The third-order valence-corrected chi connectivity index (χ3v) is 5.05. The number of amides is 1. The maximum absolute atomic E-state index is 12.7. The van der Waals surface area contributed by atoms with E-state index in [1.165, 1.54) is 4.90 Å². The molecule has 4 aromatic rings. The van der Waals surface area contributed by atoms with Crippen LogP contribution in [0.15, 0.2) is 65.2 Å². The summed E-state index contributed by atoms with van der Waals surface area (Å²) in [6.07, 6.45) is 1.56. The average Bonchev–Trinajstić information content (AvgIpc) is 3.33. The number of nitrogens with zero attached hydrogens (tertiary/aromatic N) is 3. The van der Waals surface area contributed by atoms with Crippen molar-refractivity contribution in [1.29, 1.82) is 0 Å². The minimum absolute atomic E-state index is 0.235. The van der Waals surface area contributed by atoms with Gasteiger partial charge in [0.2, 0.25) is 0 Å². The van der Waals surface area contributed by atoms with Crippen molar-refractivity contribution in [3.8, 4) is 5.75 Å². The van der Waals surface area contributed by atoms with Crippen molar-refractivity contribution in [1.82, 2.24) is 14.7 Å². The number of fused-ring (bicyclic) bond motifs is 1. The second-order valence-corrected chi connectivity index (χ2v) is 7.16. The van der Waals surface area contributed by atoms with E-state index in [2.05, 4.69) is 5.10 Å². The summed E-state index contributed by atoms with van der Waals surface area (Å²) in [7, 11) is 3.48. The molecule has 4 rings (SSSR count). The van der Waals surface area contributed by atoms with Gasteiger partial charge in [-0.2, -0.15) is 5.10 Å². The van der Waals surface area contributed by atoms with Gasteiger partial charge in [-0.3, -0.25) is 9.48 Å². The quantitative estimate of drug-likeness (QED) is 0.464. The van der Waals surface area contributed by atoms with Gasteiger partial charge in [0.1, 0.15) is 18.1 Å². The first-order chi connectivity index (χ1) is 14.0. The smallest absolute Gasteiger partial charge is 0.289 e. The zero-order valence-electron chi connectivity index (χ0n) is 16.1. The molecule has 0 spiro atoms. The molecule has 0 unspecified atom stereocenters. The molecular formula is C22H20ClN3O3. The summed E-state index contributed by atoms with van der Waals surface area (Å²) in [5, 5.41) is 6.75. The summed E-state index contributed by atoms with van der Waals surface area (Å²) in [6, 6.07) is 17.3. The molecule has 29 heavy (non-hydrogen) atoms. The number of rotatable bonds is 6. The fourth-order valence-electron chi connectivity index (χ4n) is 3.14. The number of ether oxygens (including phenoxy) is 1. The second-order valence-electron chi connectivity index (χ2n) is 6.76. The molecule has 2 aromatic heterocycles. The van der Waals surface area contributed by atoms with Crippen LogP contribution < -0.4 is 4.74 Å². The SMILES string of the molecule is CN(Cc1c(Cl)cnn1C)C(=O)c1ccc(COc2cccc3ccccc23)o1. The maximum atomic E-state index is 12.7. The van der Waals surface area contributed by atoms with Gasteiger partial charge in [0.25, 0.3) is 5.91 Å². The molecule has 0 radical (unpaired) electrons. The Hall–Kier alpha value is -3.25. The number of aromatic nitrogens is 2. The lowest BCUT2D eigenvalue weighted by molar-refractivity contribution is 0.0746. The van der Waals surface area contributed by atoms with Crippen LogP contribution in [0.4, 0.5) is 0 Å². The highest BCUT2D eigenvalue weighted by Crippen LogP contribution is 2.26. The van der Waals surface area contributed by atoms with E-state index >= 15 is 0 Å². The van der Waals surface area contributed by atoms with E-state index in [9.17, 15) is 4.79 Å². The van der Waals surface area contributed by atoms with E-state index in [0.717, 1.165) is 22.2 Å². The van der Waals surface area contributed by atoms with Crippen molar-refractivity contribution in [2.45, 2.75) is 13.2 Å². The standard InChI is InChI=1S/C22H20ClN3O3/c1-25(13-19-18(23)12-24-26(19)2)22(27)21-11-10-16(29-21)14-28-20-9-5-7-15-6-3-4-8-17(15)20/h3-12H,13-14H2,1-2H3. The summed E-state index contributed by atoms with van der Waals surface area (Å²) < 4.78 is 13.3. The van der Waals surface area contributed by atoms with Crippen LogP contribution in [0.5, 0.6) is 5.75 Å². The molecule has 1 amide bonds. The highest BCUT2D eigenvalue weighted by atomic mass is 35.5. The number of carbonyl (C=O) groups is 1. The first kappa shape index (κ1) is 19.1. The predicted molar refractivity (Wildman–Crippen MR) is 111 cm³/mol. The van der Waals surface area contributed by atoms with Gasteiger partial charge in [-0.25, -0.2) is 0 Å². The summed E-state index contributed by atoms with van der Waals surface area (Å²) in [4.78, 5) is 14.2. The maximum Gasteiger partial charge on any atom is 0.289 e. The Morgan fingerprint density at radius 3 is 2.76 bits per heavy atom. The Kier molecular flexibility index (Phi) is 5.27. The monoisotopic (exact) mass is 409 g/mol. The van der Waals surface area contributed by atoms with Crippen LogP contribution in [0.2, 0.25) is 5.02 Å². The van der Waals surface area contributed by atoms with Gasteiger partial charge in [0.05, 0.1) is 23.5 Å². The lowest BCUT2D eigenvalue weighted by Gasteiger charge is -2.16. The Bertz CT molecular complexity index is 1140. The van der Waals surface area contributed by atoms with Crippen LogP contribution in [0.1, 0.15) is 22.0 Å². The predicted octanol–water partition coefficient (Wildman–Crippen LogP) is 4.67. The summed E-state index contributed by atoms with van der Waals surface area (Å²) >= 11 is 6.12. The molecule has 0 atom stereocenters. The van der Waals surface area contributed by atoms with E-state index in [-0.39, 0.29) is 18.3 Å². The molecule has 0 aliphatic carbocycles. The number of hydrogen-bond donors (Lipinski definition) is 0. The Labute approximate surface area is 173 Å². The van der Waals surface area contributed by atoms with Crippen molar-refractivity contribution >= 4 is 28.3 Å². The summed E-state index contributed by atoms with van der Waals surface area (Å²) in [5.41, 5.74) is 0.758. The molecule has 0 fully saturated rings. The molecule has 6 nitrogen and oxygen atoms in total. The molecule has 0 N–H and O–H groups in total. The number of benzene rings is 2. The van der Waals surface area contributed by atoms with E-state index in [0.29, 0.717) is 17.3 Å². The van der Waals surface area contributed by atoms with Gasteiger partial charge < -0.3 is 14.1 Å². The molecule has 0 aliphatic rings. The van der Waals surface area contributed by atoms with Crippen LogP contribution >= 0.6 is 11.6 Å². The minimum Gasteiger partial charge on any atom is -0.485 e. The number of aryl methyl sites for hydroxylation is 1. The molecule has 0 aliphatic heterocycles. The molecule has 7 heteroatoms. The van der Waals surface area contributed by atoms with Gasteiger partial charge >= 0.3 is 0 Å². The van der Waals surface area contributed by atoms with Crippen LogP contribution in [-0.4, -0.2) is 27.6 Å². The van der Waals surface area contributed by atoms with Crippen LogP contribution in [0.3, 0.4) is 0 Å². The number of halogens is 1. The van der Waals surface area contributed by atoms with Gasteiger partial charge in [0.15, 0.2) is 5.76 Å². The highest BCUT2D eigenvalue weighted by molar-refractivity contribution is 6.31. The lowest BCUT2D eigenvalue weighted by Crippen LogP contribution is -2.27. The fourth-order valence-corrected chi connectivity index (χ4v) is 3.37. The normalized spacial score (nSPS) is 11.0. The molecule has 2 aromatic carbocycles.